The number of nitrogens with one attached hydrogen (secondary N) is 1. The summed E-state index contributed by atoms with van der Waals surface area (Å²) in [5.41, 5.74) is 3.03. The summed E-state index contributed by atoms with van der Waals surface area (Å²) in [5, 5.41) is 2.97. The van der Waals surface area contributed by atoms with Crippen molar-refractivity contribution >= 4 is 11.6 Å². The highest BCUT2D eigenvalue weighted by atomic mass is 16.6. The van der Waals surface area contributed by atoms with Crippen LogP contribution in [-0.4, -0.2) is 25.7 Å². The zero-order valence-electron chi connectivity index (χ0n) is 14.8. The van der Waals surface area contributed by atoms with Crippen LogP contribution in [0.5, 0.6) is 17.2 Å². The summed E-state index contributed by atoms with van der Waals surface area (Å²) >= 11 is 0. The van der Waals surface area contributed by atoms with Crippen LogP contribution in [0.25, 0.3) is 0 Å². The number of hydrogen-bond acceptors (Lipinski definition) is 4. The highest BCUT2D eigenvalue weighted by Crippen LogP contribution is 2.33. The van der Waals surface area contributed by atoms with Crippen LogP contribution in [0.4, 0.5) is 5.69 Å². The average molecular weight is 341 g/mol. The molecule has 0 fully saturated rings. The minimum atomic E-state index is -0.189. The molecule has 0 unspecified atom stereocenters. The van der Waals surface area contributed by atoms with Gasteiger partial charge in [-0.25, -0.2) is 0 Å². The zero-order valence-corrected chi connectivity index (χ0v) is 14.8. The number of anilines is 1. The van der Waals surface area contributed by atoms with Crippen molar-refractivity contribution in [3.05, 3.63) is 47.5 Å². The Morgan fingerprint density at radius 2 is 1.92 bits per heavy atom. The van der Waals surface area contributed by atoms with Crippen LogP contribution in [-0.2, 0) is 4.79 Å². The molecule has 0 aliphatic carbocycles. The lowest BCUT2D eigenvalue weighted by atomic mass is 9.98. The Labute approximate surface area is 147 Å². The number of hydrogen-bond donors (Lipinski definition) is 1. The van der Waals surface area contributed by atoms with Gasteiger partial charge in [-0.1, -0.05) is 32.0 Å². The highest BCUT2D eigenvalue weighted by Gasteiger charge is 2.14. The van der Waals surface area contributed by atoms with Gasteiger partial charge in [0.05, 0.1) is 0 Å². The molecule has 1 heterocycles. The molecule has 1 amide bonds. The van der Waals surface area contributed by atoms with Gasteiger partial charge in [-0.3, -0.25) is 4.79 Å². The van der Waals surface area contributed by atoms with Gasteiger partial charge in [-0.05, 0) is 36.1 Å². The maximum atomic E-state index is 12.3. The van der Waals surface area contributed by atoms with Crippen molar-refractivity contribution in [3.8, 4) is 17.2 Å². The zero-order chi connectivity index (χ0) is 17.8. The molecule has 25 heavy (non-hydrogen) atoms. The Hall–Kier alpha value is -2.69. The van der Waals surface area contributed by atoms with Crippen molar-refractivity contribution in [2.45, 2.75) is 26.7 Å². The Morgan fingerprint density at radius 1 is 1.16 bits per heavy atom. The average Bonchev–Trinajstić information content (AvgIpc) is 2.61. The number of amides is 1. The third-order valence-electron chi connectivity index (χ3n) is 4.08. The third-order valence-corrected chi connectivity index (χ3v) is 4.08. The van der Waals surface area contributed by atoms with Gasteiger partial charge in [0.2, 0.25) is 0 Å². The van der Waals surface area contributed by atoms with Gasteiger partial charge in [0.15, 0.2) is 18.1 Å². The van der Waals surface area contributed by atoms with Crippen molar-refractivity contribution < 1.29 is 19.0 Å². The molecule has 1 aliphatic heterocycles. The molecule has 0 aromatic heterocycles. The summed E-state index contributed by atoms with van der Waals surface area (Å²) < 4.78 is 16.6. The van der Waals surface area contributed by atoms with Crippen LogP contribution in [0, 0.1) is 6.92 Å². The van der Waals surface area contributed by atoms with Crippen LogP contribution in [0.15, 0.2) is 36.4 Å². The van der Waals surface area contributed by atoms with Crippen LogP contribution >= 0.6 is 0 Å². The summed E-state index contributed by atoms with van der Waals surface area (Å²) in [4.78, 5) is 12.3. The molecule has 5 nitrogen and oxygen atoms in total. The normalized spacial score (nSPS) is 12.8. The van der Waals surface area contributed by atoms with E-state index in [-0.39, 0.29) is 12.5 Å². The van der Waals surface area contributed by atoms with Gasteiger partial charge in [0.25, 0.3) is 5.91 Å². The lowest BCUT2D eigenvalue weighted by Crippen LogP contribution is -2.22. The SMILES string of the molecule is Cc1cccc(C(C)C)c1NC(=O)COc1ccc2c(c1)OCCO2. The smallest absolute Gasteiger partial charge is 0.262 e. The van der Waals surface area contributed by atoms with E-state index in [1.54, 1.807) is 18.2 Å². The summed E-state index contributed by atoms with van der Waals surface area (Å²) in [5.74, 6) is 2.06. The molecule has 2 aromatic rings. The summed E-state index contributed by atoms with van der Waals surface area (Å²) in [6.07, 6.45) is 0. The number of ether oxygens (including phenoxy) is 3. The number of aryl methyl sites for hydroxylation is 1. The molecule has 132 valence electrons. The largest absolute Gasteiger partial charge is 0.486 e. The standard InChI is InChI=1S/C20H23NO4/c1-13(2)16-6-4-5-14(3)20(16)21-19(22)12-25-15-7-8-17-18(11-15)24-10-9-23-17/h4-8,11,13H,9-10,12H2,1-3H3,(H,21,22). The Bertz CT molecular complexity index is 770. The van der Waals surface area contributed by atoms with Gasteiger partial charge in [-0.15, -0.1) is 0 Å². The molecule has 0 saturated heterocycles. The van der Waals surface area contributed by atoms with E-state index in [0.29, 0.717) is 36.4 Å². The predicted molar refractivity (Wildman–Crippen MR) is 96.8 cm³/mol. The Morgan fingerprint density at radius 3 is 2.68 bits per heavy atom. The monoisotopic (exact) mass is 341 g/mol. The molecule has 0 bridgehead atoms. The molecule has 0 spiro atoms. The van der Waals surface area contributed by atoms with Gasteiger partial charge in [0.1, 0.15) is 19.0 Å². The molecule has 3 rings (SSSR count). The number of benzene rings is 2. The number of rotatable bonds is 5. The van der Waals surface area contributed by atoms with Gasteiger partial charge in [0, 0.05) is 11.8 Å². The van der Waals surface area contributed by atoms with E-state index in [1.807, 2.05) is 25.1 Å². The van der Waals surface area contributed by atoms with Crippen LogP contribution in [0.2, 0.25) is 0 Å². The highest BCUT2D eigenvalue weighted by molar-refractivity contribution is 5.93. The van der Waals surface area contributed by atoms with Crippen molar-refractivity contribution in [3.63, 3.8) is 0 Å². The quantitative estimate of drug-likeness (QED) is 0.896. The fourth-order valence-corrected chi connectivity index (χ4v) is 2.78. The number of para-hydroxylation sites is 1. The molecular weight excluding hydrogens is 318 g/mol. The Kier molecular flexibility index (Phi) is 5.12. The van der Waals surface area contributed by atoms with Crippen LogP contribution in [0.3, 0.4) is 0 Å². The van der Waals surface area contributed by atoms with E-state index in [9.17, 15) is 4.79 Å². The first-order valence-corrected chi connectivity index (χ1v) is 8.46. The maximum absolute atomic E-state index is 12.3. The van der Waals surface area contributed by atoms with Crippen molar-refractivity contribution in [2.24, 2.45) is 0 Å². The van der Waals surface area contributed by atoms with Crippen LogP contribution < -0.4 is 19.5 Å². The fraction of sp³-hybridized carbons (Fsp3) is 0.350. The van der Waals surface area contributed by atoms with Gasteiger partial charge >= 0.3 is 0 Å². The maximum Gasteiger partial charge on any atom is 0.262 e. The van der Waals surface area contributed by atoms with E-state index >= 15 is 0 Å². The minimum Gasteiger partial charge on any atom is -0.486 e. The lowest BCUT2D eigenvalue weighted by molar-refractivity contribution is -0.118. The number of carbonyl (C=O) groups is 1. The van der Waals surface area contributed by atoms with Crippen molar-refractivity contribution in [1.82, 2.24) is 0 Å². The second-order valence-corrected chi connectivity index (χ2v) is 6.34. The third kappa shape index (κ3) is 4.05. The molecular formula is C20H23NO4. The fourth-order valence-electron chi connectivity index (χ4n) is 2.78. The van der Waals surface area contributed by atoms with E-state index in [0.717, 1.165) is 16.8 Å². The van der Waals surface area contributed by atoms with Crippen LogP contribution in [0.1, 0.15) is 30.9 Å². The summed E-state index contributed by atoms with van der Waals surface area (Å²) in [6.45, 7) is 7.20. The lowest BCUT2D eigenvalue weighted by Gasteiger charge is -2.19. The van der Waals surface area contributed by atoms with Crippen molar-refractivity contribution in [2.75, 3.05) is 25.1 Å². The molecule has 2 aromatic carbocycles. The molecule has 5 heteroatoms. The second-order valence-electron chi connectivity index (χ2n) is 6.34. The molecule has 0 atom stereocenters. The molecule has 0 radical (unpaired) electrons. The molecule has 1 aliphatic rings. The van der Waals surface area contributed by atoms with E-state index in [4.69, 9.17) is 14.2 Å². The van der Waals surface area contributed by atoms with Crippen molar-refractivity contribution in [1.29, 1.82) is 0 Å². The topological polar surface area (TPSA) is 56.8 Å². The van der Waals surface area contributed by atoms with E-state index < -0.39 is 0 Å². The first-order valence-electron chi connectivity index (χ1n) is 8.46. The number of fused-ring (bicyclic) bond motifs is 1. The first-order chi connectivity index (χ1) is 12.0. The van der Waals surface area contributed by atoms with Gasteiger partial charge < -0.3 is 19.5 Å². The second kappa shape index (κ2) is 7.47. The van der Waals surface area contributed by atoms with Gasteiger partial charge in [-0.2, -0.15) is 0 Å². The molecule has 0 saturated carbocycles. The van der Waals surface area contributed by atoms with E-state index in [1.165, 1.54) is 0 Å². The van der Waals surface area contributed by atoms with E-state index in [2.05, 4.69) is 19.2 Å². The molecule has 1 N–H and O–H groups in total. The number of carbonyl (C=O) groups excluding carboxylic acids is 1. The summed E-state index contributed by atoms with van der Waals surface area (Å²) in [6, 6.07) is 11.3. The summed E-state index contributed by atoms with van der Waals surface area (Å²) in [7, 11) is 0. The Balaban J connectivity index is 1.64. The first kappa shape index (κ1) is 17.1. The predicted octanol–water partition coefficient (Wildman–Crippen LogP) is 3.91. The minimum absolute atomic E-state index is 0.0640.